The summed E-state index contributed by atoms with van der Waals surface area (Å²) in [5, 5.41) is 2.78. The predicted molar refractivity (Wildman–Crippen MR) is 99.2 cm³/mol. The van der Waals surface area contributed by atoms with Gasteiger partial charge in [-0.3, -0.25) is 9.52 Å². The molecular weight excluding hydrogens is 356 g/mol. The molecule has 138 valence electrons. The van der Waals surface area contributed by atoms with E-state index in [1.807, 2.05) is 12.1 Å². The normalized spacial score (nSPS) is 18.9. The molecular formula is C18H20N2O5S. The van der Waals surface area contributed by atoms with Crippen molar-refractivity contribution < 1.29 is 22.7 Å². The van der Waals surface area contributed by atoms with Gasteiger partial charge in [0.2, 0.25) is 16.1 Å². The molecule has 0 spiro atoms. The molecule has 0 saturated heterocycles. The van der Waals surface area contributed by atoms with Gasteiger partial charge in [0.05, 0.1) is 11.9 Å². The van der Waals surface area contributed by atoms with E-state index in [9.17, 15) is 13.2 Å². The number of para-hydroxylation sites is 2. The highest BCUT2D eigenvalue weighted by Gasteiger charge is 2.34. The molecule has 3 rings (SSSR count). The van der Waals surface area contributed by atoms with Crippen LogP contribution in [0.5, 0.6) is 11.5 Å². The van der Waals surface area contributed by atoms with Crippen LogP contribution in [0.1, 0.15) is 12.5 Å². The first-order valence-electron chi connectivity index (χ1n) is 8.04. The van der Waals surface area contributed by atoms with Crippen LogP contribution in [0.3, 0.4) is 0 Å². The Morgan fingerprint density at radius 3 is 2.35 bits per heavy atom. The topological polar surface area (TPSA) is 93.7 Å². The van der Waals surface area contributed by atoms with Crippen LogP contribution in [-0.4, -0.2) is 32.8 Å². The van der Waals surface area contributed by atoms with Gasteiger partial charge in [0.1, 0.15) is 6.10 Å². The van der Waals surface area contributed by atoms with Crippen molar-refractivity contribution >= 4 is 27.3 Å². The van der Waals surface area contributed by atoms with Gasteiger partial charge in [-0.25, -0.2) is 8.42 Å². The second-order valence-corrected chi connectivity index (χ2v) is 7.95. The quantitative estimate of drug-likeness (QED) is 0.855. The molecule has 0 unspecified atom stereocenters. The lowest BCUT2D eigenvalue weighted by molar-refractivity contribution is -0.128. The number of amides is 1. The Bertz CT molecular complexity index is 942. The molecule has 2 aromatic rings. The van der Waals surface area contributed by atoms with Crippen LogP contribution in [0.4, 0.5) is 11.4 Å². The number of anilines is 2. The molecule has 8 heteroatoms. The zero-order valence-electron chi connectivity index (χ0n) is 14.6. The third kappa shape index (κ3) is 4.08. The van der Waals surface area contributed by atoms with Crippen molar-refractivity contribution in [2.45, 2.75) is 26.1 Å². The molecule has 2 atom stereocenters. The Hall–Kier alpha value is -2.74. The lowest BCUT2D eigenvalue weighted by Gasteiger charge is -2.31. The minimum atomic E-state index is -3.36. The first-order valence-corrected chi connectivity index (χ1v) is 9.94. The summed E-state index contributed by atoms with van der Waals surface area (Å²) < 4.78 is 36.6. The average Bonchev–Trinajstić information content (AvgIpc) is 2.55. The van der Waals surface area contributed by atoms with Gasteiger partial charge in [-0.1, -0.05) is 12.1 Å². The van der Waals surface area contributed by atoms with Crippen LogP contribution in [0.15, 0.2) is 42.5 Å². The number of rotatable bonds is 4. The molecule has 1 amide bonds. The van der Waals surface area contributed by atoms with E-state index in [1.165, 1.54) is 0 Å². The third-order valence-corrected chi connectivity index (χ3v) is 4.48. The smallest absolute Gasteiger partial charge is 0.269 e. The highest BCUT2D eigenvalue weighted by atomic mass is 32.2. The van der Waals surface area contributed by atoms with E-state index in [2.05, 4.69) is 10.0 Å². The third-order valence-electron chi connectivity index (χ3n) is 3.89. The van der Waals surface area contributed by atoms with Crippen molar-refractivity contribution in [1.29, 1.82) is 0 Å². The molecule has 7 nitrogen and oxygen atoms in total. The lowest BCUT2D eigenvalue weighted by atomic mass is 10.1. The fourth-order valence-electron chi connectivity index (χ4n) is 2.68. The molecule has 0 fully saturated rings. The fraction of sp³-hybridized carbons (Fsp3) is 0.278. The van der Waals surface area contributed by atoms with Crippen LogP contribution in [0.25, 0.3) is 0 Å². The average molecular weight is 376 g/mol. The predicted octanol–water partition coefficient (Wildman–Crippen LogP) is 2.53. The molecule has 2 aromatic carbocycles. The number of carbonyl (C=O) groups excluding carboxylic acids is 1. The Morgan fingerprint density at radius 1 is 1.08 bits per heavy atom. The number of ether oxygens (including phenoxy) is 2. The van der Waals surface area contributed by atoms with Gasteiger partial charge < -0.3 is 14.8 Å². The monoisotopic (exact) mass is 376 g/mol. The summed E-state index contributed by atoms with van der Waals surface area (Å²) in [6.07, 6.45) is -0.155. The van der Waals surface area contributed by atoms with Crippen LogP contribution in [-0.2, 0) is 14.8 Å². The summed E-state index contributed by atoms with van der Waals surface area (Å²) in [4.78, 5) is 12.6. The van der Waals surface area contributed by atoms with E-state index >= 15 is 0 Å². The molecule has 1 aliphatic heterocycles. The zero-order chi connectivity index (χ0) is 18.9. The van der Waals surface area contributed by atoms with E-state index in [4.69, 9.17) is 9.47 Å². The van der Waals surface area contributed by atoms with E-state index in [-0.39, 0.29) is 5.91 Å². The summed E-state index contributed by atoms with van der Waals surface area (Å²) >= 11 is 0. The molecule has 0 bridgehead atoms. The van der Waals surface area contributed by atoms with Crippen LogP contribution in [0.2, 0.25) is 0 Å². The summed E-state index contributed by atoms with van der Waals surface area (Å²) in [7, 11) is -3.36. The maximum Gasteiger partial charge on any atom is 0.269 e. The zero-order valence-corrected chi connectivity index (χ0v) is 15.5. The standard InChI is InChI=1S/C18H20N2O5S/c1-11-10-13(8-9-14(11)20-26(3,22)23)19-18(21)17-12(2)24-15-6-4-5-7-16(15)25-17/h4-10,12,17,20H,1-3H3,(H,19,21)/t12-,17+/m0/s1. The number of benzene rings is 2. The number of sulfonamides is 1. The van der Waals surface area contributed by atoms with Crippen molar-refractivity contribution in [2.75, 3.05) is 16.3 Å². The second-order valence-electron chi connectivity index (χ2n) is 6.20. The molecule has 1 heterocycles. The number of fused-ring (bicyclic) bond motifs is 1. The summed E-state index contributed by atoms with van der Waals surface area (Å²) in [6.45, 7) is 3.52. The van der Waals surface area contributed by atoms with E-state index in [1.54, 1.807) is 44.2 Å². The van der Waals surface area contributed by atoms with Crippen LogP contribution in [0, 0.1) is 6.92 Å². The molecule has 0 aliphatic carbocycles. The maximum absolute atomic E-state index is 12.6. The van der Waals surface area contributed by atoms with Gasteiger partial charge in [0.25, 0.3) is 5.91 Å². The van der Waals surface area contributed by atoms with E-state index in [0.717, 1.165) is 6.26 Å². The van der Waals surface area contributed by atoms with E-state index in [0.29, 0.717) is 28.4 Å². The fourth-order valence-corrected chi connectivity index (χ4v) is 3.30. The Labute approximate surface area is 152 Å². The Kier molecular flexibility index (Phi) is 4.78. The minimum Gasteiger partial charge on any atom is -0.482 e. The van der Waals surface area contributed by atoms with Gasteiger partial charge in [-0.2, -0.15) is 0 Å². The van der Waals surface area contributed by atoms with Crippen LogP contribution >= 0.6 is 0 Å². The minimum absolute atomic E-state index is 0.338. The summed E-state index contributed by atoms with van der Waals surface area (Å²) in [6, 6.07) is 12.1. The number of hydrogen-bond acceptors (Lipinski definition) is 5. The van der Waals surface area contributed by atoms with Crippen molar-refractivity contribution in [3.8, 4) is 11.5 Å². The van der Waals surface area contributed by atoms with Gasteiger partial charge in [0.15, 0.2) is 11.5 Å². The van der Waals surface area contributed by atoms with Gasteiger partial charge in [-0.15, -0.1) is 0 Å². The summed E-state index contributed by atoms with van der Waals surface area (Å²) in [5.41, 5.74) is 1.69. The molecule has 26 heavy (non-hydrogen) atoms. The molecule has 0 radical (unpaired) electrons. The first kappa shape index (κ1) is 18.1. The van der Waals surface area contributed by atoms with Crippen molar-refractivity contribution in [1.82, 2.24) is 0 Å². The number of carbonyl (C=O) groups is 1. The largest absolute Gasteiger partial charge is 0.482 e. The van der Waals surface area contributed by atoms with Crippen molar-refractivity contribution in [3.05, 3.63) is 48.0 Å². The Balaban J connectivity index is 1.73. The molecule has 0 aromatic heterocycles. The van der Waals surface area contributed by atoms with Crippen molar-refractivity contribution in [2.24, 2.45) is 0 Å². The summed E-state index contributed by atoms with van der Waals surface area (Å²) in [5.74, 6) is 0.793. The van der Waals surface area contributed by atoms with Crippen LogP contribution < -0.4 is 19.5 Å². The van der Waals surface area contributed by atoms with Gasteiger partial charge >= 0.3 is 0 Å². The van der Waals surface area contributed by atoms with Crippen molar-refractivity contribution in [3.63, 3.8) is 0 Å². The lowest BCUT2D eigenvalue weighted by Crippen LogP contribution is -2.46. The first-order chi connectivity index (χ1) is 12.2. The van der Waals surface area contributed by atoms with Gasteiger partial charge in [-0.05, 0) is 49.7 Å². The molecule has 2 N–H and O–H groups in total. The Morgan fingerprint density at radius 2 is 1.73 bits per heavy atom. The van der Waals surface area contributed by atoms with E-state index < -0.39 is 22.2 Å². The number of nitrogens with one attached hydrogen (secondary N) is 2. The second kappa shape index (κ2) is 6.87. The van der Waals surface area contributed by atoms with Gasteiger partial charge in [0, 0.05) is 5.69 Å². The highest BCUT2D eigenvalue weighted by molar-refractivity contribution is 7.92. The highest BCUT2D eigenvalue weighted by Crippen LogP contribution is 2.33. The maximum atomic E-state index is 12.6. The SMILES string of the molecule is Cc1cc(NC(=O)[C@@H]2Oc3ccccc3O[C@H]2C)ccc1NS(C)(=O)=O. The number of hydrogen-bond donors (Lipinski definition) is 2. The number of aryl methyl sites for hydroxylation is 1. The molecule has 0 saturated carbocycles. The molecule has 1 aliphatic rings.